The maximum atomic E-state index is 11.7. The quantitative estimate of drug-likeness (QED) is 0.447. The van der Waals surface area contributed by atoms with Crippen molar-refractivity contribution in [3.63, 3.8) is 0 Å². The summed E-state index contributed by atoms with van der Waals surface area (Å²) < 4.78 is 13.7. The Bertz CT molecular complexity index is 1080. The summed E-state index contributed by atoms with van der Waals surface area (Å²) in [6.45, 7) is 1.53. The van der Waals surface area contributed by atoms with Crippen molar-refractivity contribution in [3.05, 3.63) is 69.8 Å². The first kappa shape index (κ1) is 18.8. The molecule has 0 N–H and O–H groups in total. The molecule has 0 bridgehead atoms. The molecule has 5 heteroatoms. The molecule has 0 spiro atoms. The number of aromatic nitrogens is 1. The highest BCUT2D eigenvalue weighted by molar-refractivity contribution is 9.10. The molecule has 1 saturated heterocycles. The molecule has 0 amide bonds. The number of ether oxygens (including phenoxy) is 2. The topological polar surface area (TPSA) is 40.5 Å². The van der Waals surface area contributed by atoms with Gasteiger partial charge in [0.1, 0.15) is 0 Å². The zero-order chi connectivity index (χ0) is 19.5. The Morgan fingerprint density at radius 3 is 2.86 bits per heavy atom. The van der Waals surface area contributed by atoms with E-state index < -0.39 is 0 Å². The second-order valence-electron chi connectivity index (χ2n) is 6.79. The van der Waals surface area contributed by atoms with Crippen molar-refractivity contribution >= 4 is 32.8 Å². The van der Waals surface area contributed by atoms with Crippen molar-refractivity contribution in [2.75, 3.05) is 20.3 Å². The lowest BCUT2D eigenvalue weighted by atomic mass is 10.0. The third-order valence-electron chi connectivity index (χ3n) is 5.01. The Balaban J connectivity index is 1.76. The molecule has 3 aromatic rings. The molecule has 2 heterocycles. The first-order valence-electron chi connectivity index (χ1n) is 9.20. The minimum absolute atomic E-state index is 0.216. The second-order valence-corrected chi connectivity index (χ2v) is 7.70. The molecule has 1 atom stereocenters. The molecule has 1 fully saturated rings. The van der Waals surface area contributed by atoms with Gasteiger partial charge in [0.2, 0.25) is 0 Å². The Morgan fingerprint density at radius 1 is 1.25 bits per heavy atom. The third kappa shape index (κ3) is 3.84. The van der Waals surface area contributed by atoms with E-state index in [1.807, 2.05) is 24.3 Å². The molecule has 1 unspecified atom stereocenters. The van der Waals surface area contributed by atoms with Gasteiger partial charge in [-0.3, -0.25) is 4.79 Å². The van der Waals surface area contributed by atoms with Gasteiger partial charge in [0.25, 0.3) is 0 Å². The fourth-order valence-electron chi connectivity index (χ4n) is 3.53. The van der Waals surface area contributed by atoms with E-state index in [0.717, 1.165) is 51.7 Å². The van der Waals surface area contributed by atoms with Crippen LogP contribution in [-0.4, -0.2) is 30.9 Å². The number of rotatable bonds is 3. The van der Waals surface area contributed by atoms with Crippen molar-refractivity contribution in [2.45, 2.75) is 18.9 Å². The van der Waals surface area contributed by atoms with Crippen LogP contribution in [0, 0.1) is 11.8 Å². The zero-order valence-corrected chi connectivity index (χ0v) is 17.2. The standard InChI is InChI=1S/C23H20BrNO3/c1-27-23(26)12-17-5-3-2-4-16(17)6-7-18-14-25(20-10-11-28-15-20)22-9-8-19(24)13-21(18)22/h2-5,8-9,13-14,20H,10-12,15H2,1H3. The smallest absolute Gasteiger partial charge is 0.310 e. The predicted octanol–water partition coefficient (Wildman–Crippen LogP) is 4.48. The number of halogens is 1. The molecule has 1 aromatic heterocycles. The van der Waals surface area contributed by atoms with Crippen molar-refractivity contribution < 1.29 is 14.3 Å². The zero-order valence-electron chi connectivity index (χ0n) is 15.6. The molecule has 142 valence electrons. The lowest BCUT2D eigenvalue weighted by Crippen LogP contribution is -2.06. The largest absolute Gasteiger partial charge is 0.469 e. The molecule has 2 aromatic carbocycles. The van der Waals surface area contributed by atoms with Crippen molar-refractivity contribution in [1.82, 2.24) is 4.57 Å². The highest BCUT2D eigenvalue weighted by Gasteiger charge is 2.20. The number of carbonyl (C=O) groups excluding carboxylic acids is 1. The van der Waals surface area contributed by atoms with Crippen LogP contribution in [0.4, 0.5) is 0 Å². The van der Waals surface area contributed by atoms with E-state index >= 15 is 0 Å². The van der Waals surface area contributed by atoms with Crippen LogP contribution in [0.15, 0.2) is 53.1 Å². The molecule has 1 aliphatic heterocycles. The van der Waals surface area contributed by atoms with Crippen molar-refractivity contribution in [3.8, 4) is 11.8 Å². The minimum Gasteiger partial charge on any atom is -0.469 e. The summed E-state index contributed by atoms with van der Waals surface area (Å²) in [7, 11) is 1.40. The molecule has 0 saturated carbocycles. The van der Waals surface area contributed by atoms with Gasteiger partial charge in [-0.05, 0) is 36.2 Å². The summed E-state index contributed by atoms with van der Waals surface area (Å²) in [5.74, 6) is 6.31. The van der Waals surface area contributed by atoms with Crippen LogP contribution in [0.5, 0.6) is 0 Å². The molecule has 28 heavy (non-hydrogen) atoms. The highest BCUT2D eigenvalue weighted by Crippen LogP contribution is 2.30. The average Bonchev–Trinajstić information content (AvgIpc) is 3.35. The minimum atomic E-state index is -0.268. The number of fused-ring (bicyclic) bond motifs is 1. The Kier molecular flexibility index (Phi) is 5.52. The highest BCUT2D eigenvalue weighted by atomic mass is 79.9. The summed E-state index contributed by atoms with van der Waals surface area (Å²) in [4.78, 5) is 11.7. The predicted molar refractivity (Wildman–Crippen MR) is 112 cm³/mol. The van der Waals surface area contributed by atoms with Gasteiger partial charge in [0.15, 0.2) is 0 Å². The number of esters is 1. The average molecular weight is 438 g/mol. The van der Waals surface area contributed by atoms with E-state index in [1.165, 1.54) is 7.11 Å². The summed E-state index contributed by atoms with van der Waals surface area (Å²) in [6.07, 6.45) is 3.34. The fourth-order valence-corrected chi connectivity index (χ4v) is 3.89. The Labute approximate surface area is 172 Å². The molecule has 4 nitrogen and oxygen atoms in total. The van der Waals surface area contributed by atoms with Gasteiger partial charge in [-0.1, -0.05) is 46.0 Å². The molecular weight excluding hydrogens is 418 g/mol. The monoisotopic (exact) mass is 437 g/mol. The summed E-state index contributed by atoms with van der Waals surface area (Å²) in [6, 6.07) is 14.3. The van der Waals surface area contributed by atoms with Gasteiger partial charge in [-0.15, -0.1) is 0 Å². The molecule has 0 aliphatic carbocycles. The first-order valence-corrected chi connectivity index (χ1v) is 9.99. The van der Waals surface area contributed by atoms with E-state index in [9.17, 15) is 4.79 Å². The maximum Gasteiger partial charge on any atom is 0.310 e. The normalized spacial score (nSPS) is 16.0. The van der Waals surface area contributed by atoms with Crippen LogP contribution >= 0.6 is 15.9 Å². The fraction of sp³-hybridized carbons (Fsp3) is 0.261. The molecule has 4 rings (SSSR count). The second kappa shape index (κ2) is 8.22. The van der Waals surface area contributed by atoms with Crippen LogP contribution in [0.25, 0.3) is 10.9 Å². The number of hydrogen-bond donors (Lipinski definition) is 0. The number of hydrogen-bond acceptors (Lipinski definition) is 3. The van der Waals surface area contributed by atoms with E-state index in [2.05, 4.69) is 56.7 Å². The van der Waals surface area contributed by atoms with E-state index in [4.69, 9.17) is 9.47 Å². The van der Waals surface area contributed by atoms with Crippen LogP contribution in [0.3, 0.4) is 0 Å². The number of carbonyl (C=O) groups is 1. The van der Waals surface area contributed by atoms with Crippen LogP contribution in [0.1, 0.15) is 29.2 Å². The molecule has 1 aliphatic rings. The SMILES string of the molecule is COC(=O)Cc1ccccc1C#Cc1cn(C2CCOC2)c2ccc(Br)cc12. The third-order valence-corrected chi connectivity index (χ3v) is 5.50. The summed E-state index contributed by atoms with van der Waals surface area (Å²) in [5.41, 5.74) is 3.84. The lowest BCUT2D eigenvalue weighted by molar-refractivity contribution is -0.139. The Hall–Kier alpha value is -2.55. The van der Waals surface area contributed by atoms with Gasteiger partial charge in [0, 0.05) is 33.7 Å². The molecular formula is C23H20BrNO3. The number of nitrogens with zero attached hydrogens (tertiary/aromatic N) is 1. The van der Waals surface area contributed by atoms with E-state index in [1.54, 1.807) is 0 Å². The first-order chi connectivity index (χ1) is 13.7. The van der Waals surface area contributed by atoms with E-state index in [0.29, 0.717) is 6.04 Å². The van der Waals surface area contributed by atoms with Crippen molar-refractivity contribution in [2.24, 2.45) is 0 Å². The van der Waals surface area contributed by atoms with Crippen molar-refractivity contribution in [1.29, 1.82) is 0 Å². The van der Waals surface area contributed by atoms with Crippen LogP contribution in [-0.2, 0) is 20.7 Å². The van der Waals surface area contributed by atoms with E-state index in [-0.39, 0.29) is 12.4 Å². The number of methoxy groups -OCH3 is 1. The number of benzene rings is 2. The van der Waals surface area contributed by atoms with Gasteiger partial charge in [0.05, 0.1) is 31.7 Å². The summed E-state index contributed by atoms with van der Waals surface area (Å²) >= 11 is 3.57. The van der Waals surface area contributed by atoms with Gasteiger partial charge in [-0.2, -0.15) is 0 Å². The Morgan fingerprint density at radius 2 is 2.07 bits per heavy atom. The molecule has 0 radical (unpaired) electrons. The van der Waals surface area contributed by atoms with Gasteiger partial charge < -0.3 is 14.0 Å². The van der Waals surface area contributed by atoms with Gasteiger partial charge >= 0.3 is 5.97 Å². The summed E-state index contributed by atoms with van der Waals surface area (Å²) in [5, 5.41) is 1.11. The van der Waals surface area contributed by atoms with Crippen LogP contribution < -0.4 is 0 Å². The maximum absolute atomic E-state index is 11.7. The van der Waals surface area contributed by atoms with Gasteiger partial charge in [-0.25, -0.2) is 0 Å². The van der Waals surface area contributed by atoms with Crippen LogP contribution in [0.2, 0.25) is 0 Å². The lowest BCUT2D eigenvalue weighted by Gasteiger charge is -2.11.